The van der Waals surface area contributed by atoms with Gasteiger partial charge >= 0.3 is 0 Å². The molecule has 2 fully saturated rings. The zero-order valence-corrected chi connectivity index (χ0v) is 13.9. The van der Waals surface area contributed by atoms with Gasteiger partial charge in [-0.1, -0.05) is 6.92 Å². The predicted molar refractivity (Wildman–Crippen MR) is 83.7 cm³/mol. The Morgan fingerprint density at radius 3 is 2.73 bits per heavy atom. The third-order valence-electron chi connectivity index (χ3n) is 4.54. The minimum absolute atomic E-state index is 0.105. The van der Waals surface area contributed by atoms with Crippen molar-refractivity contribution in [3.05, 3.63) is 17.5 Å². The standard InChI is InChI=1S/C15H23N3O3S/c1-3-10(2)16-15(19)13-8-14(11-4-5-11)18(17-13)12-6-7-22(20,21)9-12/h8,10-12H,3-7,9H2,1-2H3,(H,16,19). The van der Waals surface area contributed by atoms with E-state index in [0.29, 0.717) is 18.0 Å². The number of carbonyl (C=O) groups excluding carboxylic acids is 1. The van der Waals surface area contributed by atoms with E-state index in [1.807, 2.05) is 24.6 Å². The van der Waals surface area contributed by atoms with Gasteiger partial charge in [0, 0.05) is 17.7 Å². The molecule has 1 aliphatic carbocycles. The number of rotatable bonds is 5. The first kappa shape index (κ1) is 15.5. The van der Waals surface area contributed by atoms with Gasteiger partial charge in [-0.15, -0.1) is 0 Å². The smallest absolute Gasteiger partial charge is 0.271 e. The molecule has 22 heavy (non-hydrogen) atoms. The molecular formula is C15H23N3O3S. The number of sulfone groups is 1. The maximum absolute atomic E-state index is 12.3. The number of nitrogens with one attached hydrogen (secondary N) is 1. The molecule has 2 atom stereocenters. The first-order valence-corrected chi connectivity index (χ1v) is 9.82. The van der Waals surface area contributed by atoms with Crippen molar-refractivity contribution in [2.75, 3.05) is 11.5 Å². The highest BCUT2D eigenvalue weighted by Gasteiger charge is 2.36. The van der Waals surface area contributed by atoms with Crippen molar-refractivity contribution in [3.63, 3.8) is 0 Å². The van der Waals surface area contributed by atoms with Crippen LogP contribution in [0.3, 0.4) is 0 Å². The molecule has 2 unspecified atom stereocenters. The van der Waals surface area contributed by atoms with E-state index in [9.17, 15) is 13.2 Å². The maximum atomic E-state index is 12.3. The molecule has 1 saturated carbocycles. The highest BCUT2D eigenvalue weighted by Crippen LogP contribution is 2.42. The Bertz CT molecular complexity index is 676. The summed E-state index contributed by atoms with van der Waals surface area (Å²) < 4.78 is 25.2. The average Bonchev–Trinajstić information content (AvgIpc) is 3.11. The maximum Gasteiger partial charge on any atom is 0.271 e. The Balaban J connectivity index is 1.85. The van der Waals surface area contributed by atoms with Crippen LogP contribution in [0, 0.1) is 0 Å². The van der Waals surface area contributed by atoms with Crippen LogP contribution in [-0.2, 0) is 9.84 Å². The van der Waals surface area contributed by atoms with Crippen molar-refractivity contribution >= 4 is 15.7 Å². The number of aromatic nitrogens is 2. The van der Waals surface area contributed by atoms with Crippen LogP contribution in [0.4, 0.5) is 0 Å². The molecule has 2 aliphatic rings. The number of hydrogen-bond acceptors (Lipinski definition) is 4. The van der Waals surface area contributed by atoms with Crippen LogP contribution in [0.2, 0.25) is 0 Å². The van der Waals surface area contributed by atoms with Crippen molar-refractivity contribution in [2.45, 2.75) is 57.5 Å². The van der Waals surface area contributed by atoms with E-state index in [0.717, 1.165) is 25.0 Å². The van der Waals surface area contributed by atoms with Crippen molar-refractivity contribution in [3.8, 4) is 0 Å². The van der Waals surface area contributed by atoms with E-state index in [2.05, 4.69) is 10.4 Å². The van der Waals surface area contributed by atoms with E-state index in [4.69, 9.17) is 0 Å². The van der Waals surface area contributed by atoms with Crippen LogP contribution in [0.5, 0.6) is 0 Å². The number of amides is 1. The summed E-state index contributed by atoms with van der Waals surface area (Å²) in [6.07, 6.45) is 3.65. The second-order valence-corrected chi connectivity index (χ2v) is 8.74. The van der Waals surface area contributed by atoms with Gasteiger partial charge in [-0.2, -0.15) is 5.10 Å². The topological polar surface area (TPSA) is 81.1 Å². The monoisotopic (exact) mass is 325 g/mol. The van der Waals surface area contributed by atoms with Crippen molar-refractivity contribution in [1.29, 1.82) is 0 Å². The SMILES string of the molecule is CCC(C)NC(=O)c1cc(C2CC2)n(C2CCS(=O)(=O)C2)n1. The molecule has 0 bridgehead atoms. The van der Waals surface area contributed by atoms with Gasteiger partial charge in [0.1, 0.15) is 5.69 Å². The Hall–Kier alpha value is -1.37. The molecule has 6 nitrogen and oxygen atoms in total. The van der Waals surface area contributed by atoms with Gasteiger partial charge in [0.25, 0.3) is 5.91 Å². The van der Waals surface area contributed by atoms with Crippen molar-refractivity contribution in [2.24, 2.45) is 0 Å². The lowest BCUT2D eigenvalue weighted by Gasteiger charge is -2.12. The Kier molecular flexibility index (Phi) is 4.01. The summed E-state index contributed by atoms with van der Waals surface area (Å²) >= 11 is 0. The number of nitrogens with zero attached hydrogens (tertiary/aromatic N) is 2. The molecule has 2 heterocycles. The average molecular weight is 325 g/mol. The molecule has 1 aromatic rings. The lowest BCUT2D eigenvalue weighted by Crippen LogP contribution is -2.32. The van der Waals surface area contributed by atoms with E-state index in [-0.39, 0.29) is 29.5 Å². The van der Waals surface area contributed by atoms with Crippen LogP contribution >= 0.6 is 0 Å². The lowest BCUT2D eigenvalue weighted by atomic mass is 10.2. The number of carbonyl (C=O) groups is 1. The molecule has 1 amide bonds. The summed E-state index contributed by atoms with van der Waals surface area (Å²) in [6.45, 7) is 3.98. The molecule has 0 spiro atoms. The minimum atomic E-state index is -2.96. The van der Waals surface area contributed by atoms with Gasteiger partial charge in [0.05, 0.1) is 17.5 Å². The summed E-state index contributed by atoms with van der Waals surface area (Å²) in [5, 5.41) is 7.37. The normalized spacial score (nSPS) is 25.1. The van der Waals surface area contributed by atoms with E-state index in [1.54, 1.807) is 0 Å². The van der Waals surface area contributed by atoms with Crippen LogP contribution in [0.15, 0.2) is 6.07 Å². The molecule has 3 rings (SSSR count). The summed E-state index contributed by atoms with van der Waals surface area (Å²) in [5.74, 6) is 0.619. The van der Waals surface area contributed by atoms with Gasteiger partial charge in [-0.25, -0.2) is 8.42 Å². The molecule has 1 aromatic heterocycles. The van der Waals surface area contributed by atoms with Gasteiger partial charge in [0.15, 0.2) is 9.84 Å². The van der Waals surface area contributed by atoms with Gasteiger partial charge in [0.2, 0.25) is 0 Å². The van der Waals surface area contributed by atoms with Crippen LogP contribution in [-0.4, -0.2) is 41.7 Å². The lowest BCUT2D eigenvalue weighted by molar-refractivity contribution is 0.0933. The minimum Gasteiger partial charge on any atom is -0.348 e. The van der Waals surface area contributed by atoms with Gasteiger partial charge < -0.3 is 5.32 Å². The van der Waals surface area contributed by atoms with E-state index < -0.39 is 9.84 Å². The molecule has 1 N–H and O–H groups in total. The molecule has 0 aromatic carbocycles. The van der Waals surface area contributed by atoms with Crippen molar-refractivity contribution < 1.29 is 13.2 Å². The second-order valence-electron chi connectivity index (χ2n) is 6.51. The van der Waals surface area contributed by atoms with Crippen LogP contribution in [0.25, 0.3) is 0 Å². The molecule has 7 heteroatoms. The Morgan fingerprint density at radius 2 is 2.18 bits per heavy atom. The highest BCUT2D eigenvalue weighted by molar-refractivity contribution is 7.91. The molecule has 1 saturated heterocycles. The fraction of sp³-hybridized carbons (Fsp3) is 0.733. The summed E-state index contributed by atoms with van der Waals surface area (Å²) in [7, 11) is -2.96. The quantitative estimate of drug-likeness (QED) is 0.892. The van der Waals surface area contributed by atoms with Gasteiger partial charge in [-0.05, 0) is 38.7 Å². The van der Waals surface area contributed by atoms with Crippen LogP contribution in [0.1, 0.15) is 67.7 Å². The van der Waals surface area contributed by atoms with E-state index >= 15 is 0 Å². The fourth-order valence-corrected chi connectivity index (χ4v) is 4.56. The Morgan fingerprint density at radius 1 is 1.45 bits per heavy atom. The summed E-state index contributed by atoms with van der Waals surface area (Å²) in [6, 6.07) is 1.83. The fourth-order valence-electron chi connectivity index (χ4n) is 2.86. The third-order valence-corrected chi connectivity index (χ3v) is 6.29. The largest absolute Gasteiger partial charge is 0.348 e. The van der Waals surface area contributed by atoms with E-state index in [1.165, 1.54) is 0 Å². The van der Waals surface area contributed by atoms with Gasteiger partial charge in [-0.3, -0.25) is 9.48 Å². The number of hydrogen-bond donors (Lipinski definition) is 1. The first-order chi connectivity index (χ1) is 10.4. The summed E-state index contributed by atoms with van der Waals surface area (Å²) in [4.78, 5) is 12.3. The Labute approximate surface area is 131 Å². The van der Waals surface area contributed by atoms with Crippen molar-refractivity contribution in [1.82, 2.24) is 15.1 Å². The highest BCUT2D eigenvalue weighted by atomic mass is 32.2. The zero-order chi connectivity index (χ0) is 15.9. The zero-order valence-electron chi connectivity index (χ0n) is 13.1. The molecular weight excluding hydrogens is 302 g/mol. The van der Waals surface area contributed by atoms with Crippen LogP contribution < -0.4 is 5.32 Å². The molecule has 122 valence electrons. The second kappa shape index (κ2) is 5.68. The first-order valence-electron chi connectivity index (χ1n) is 8.00. The molecule has 1 aliphatic heterocycles. The predicted octanol–water partition coefficient (Wildman–Crippen LogP) is 1.65. The summed E-state index contributed by atoms with van der Waals surface area (Å²) in [5.41, 5.74) is 1.43. The third kappa shape index (κ3) is 3.19. The molecule has 0 radical (unpaired) electrons.